The quantitative estimate of drug-likeness (QED) is 0.714. The largest absolute Gasteiger partial charge is 0.508 e. The van der Waals surface area contributed by atoms with Crippen LogP contribution in [0.25, 0.3) is 0 Å². The van der Waals surface area contributed by atoms with E-state index in [9.17, 15) is 13.5 Å². The van der Waals surface area contributed by atoms with Crippen molar-refractivity contribution in [1.82, 2.24) is 4.31 Å². The molecule has 1 aromatic carbocycles. The van der Waals surface area contributed by atoms with Crippen LogP contribution in [0, 0.1) is 0 Å². The molecule has 0 aliphatic heterocycles. The Hall–Kier alpha value is -1.27. The van der Waals surface area contributed by atoms with E-state index in [4.69, 9.17) is 4.74 Å². The SMILES string of the molecule is CCCCN(CCCC)S(=O)(=O)c1ccc(O)cc1OCC. The molecular weight excluding hydrogens is 302 g/mol. The minimum Gasteiger partial charge on any atom is -0.508 e. The molecule has 0 saturated carbocycles. The predicted octanol–water partition coefficient (Wildman–Crippen LogP) is 3.38. The van der Waals surface area contributed by atoms with E-state index in [0.29, 0.717) is 19.7 Å². The number of hydrogen-bond acceptors (Lipinski definition) is 4. The molecule has 0 fully saturated rings. The molecule has 0 saturated heterocycles. The van der Waals surface area contributed by atoms with E-state index >= 15 is 0 Å². The molecule has 0 aliphatic carbocycles. The van der Waals surface area contributed by atoms with E-state index in [1.807, 2.05) is 13.8 Å². The van der Waals surface area contributed by atoms with Crippen LogP contribution in [0.3, 0.4) is 0 Å². The smallest absolute Gasteiger partial charge is 0.246 e. The van der Waals surface area contributed by atoms with E-state index in [0.717, 1.165) is 25.7 Å². The molecule has 1 N–H and O–H groups in total. The maximum Gasteiger partial charge on any atom is 0.246 e. The third kappa shape index (κ3) is 4.88. The fraction of sp³-hybridized carbons (Fsp3) is 0.625. The molecule has 6 heteroatoms. The molecule has 22 heavy (non-hydrogen) atoms. The van der Waals surface area contributed by atoms with Crippen LogP contribution in [0.2, 0.25) is 0 Å². The van der Waals surface area contributed by atoms with Crippen LogP contribution < -0.4 is 4.74 Å². The summed E-state index contributed by atoms with van der Waals surface area (Å²) < 4.78 is 32.8. The third-order valence-corrected chi connectivity index (χ3v) is 5.31. The van der Waals surface area contributed by atoms with Gasteiger partial charge in [0.25, 0.3) is 0 Å². The van der Waals surface area contributed by atoms with Crippen molar-refractivity contribution in [3.8, 4) is 11.5 Å². The highest BCUT2D eigenvalue weighted by atomic mass is 32.2. The third-order valence-electron chi connectivity index (χ3n) is 3.37. The van der Waals surface area contributed by atoms with Crippen LogP contribution in [0.1, 0.15) is 46.5 Å². The molecule has 1 aromatic rings. The molecule has 0 spiro atoms. The van der Waals surface area contributed by atoms with Gasteiger partial charge in [0.2, 0.25) is 10.0 Å². The summed E-state index contributed by atoms with van der Waals surface area (Å²) in [7, 11) is -3.62. The van der Waals surface area contributed by atoms with Gasteiger partial charge in [-0.25, -0.2) is 8.42 Å². The van der Waals surface area contributed by atoms with Crippen LogP contribution >= 0.6 is 0 Å². The summed E-state index contributed by atoms with van der Waals surface area (Å²) in [6.07, 6.45) is 3.52. The van der Waals surface area contributed by atoms with E-state index in [1.165, 1.54) is 22.5 Å². The highest BCUT2D eigenvalue weighted by Gasteiger charge is 2.27. The molecule has 0 bridgehead atoms. The van der Waals surface area contributed by atoms with Crippen molar-refractivity contribution >= 4 is 10.0 Å². The second-order valence-corrected chi connectivity index (χ2v) is 7.08. The maximum atomic E-state index is 12.9. The number of phenols is 1. The number of rotatable bonds is 10. The Morgan fingerprint density at radius 1 is 1.09 bits per heavy atom. The molecule has 0 heterocycles. The van der Waals surface area contributed by atoms with Gasteiger partial charge in [-0.3, -0.25) is 0 Å². The van der Waals surface area contributed by atoms with Crippen LogP contribution in [-0.4, -0.2) is 37.5 Å². The number of sulfonamides is 1. The first-order valence-corrected chi connectivity index (χ1v) is 9.37. The average molecular weight is 329 g/mol. The van der Waals surface area contributed by atoms with Crippen molar-refractivity contribution in [3.63, 3.8) is 0 Å². The van der Waals surface area contributed by atoms with Gasteiger partial charge in [0, 0.05) is 19.2 Å². The van der Waals surface area contributed by atoms with Crippen LogP contribution in [0.5, 0.6) is 11.5 Å². The monoisotopic (exact) mass is 329 g/mol. The van der Waals surface area contributed by atoms with Gasteiger partial charge in [0.1, 0.15) is 16.4 Å². The lowest BCUT2D eigenvalue weighted by molar-refractivity contribution is 0.325. The van der Waals surface area contributed by atoms with Crippen molar-refractivity contribution < 1.29 is 18.3 Å². The fourth-order valence-corrected chi connectivity index (χ4v) is 3.77. The lowest BCUT2D eigenvalue weighted by atomic mass is 10.3. The summed E-state index contributed by atoms with van der Waals surface area (Å²) >= 11 is 0. The topological polar surface area (TPSA) is 66.8 Å². The van der Waals surface area contributed by atoms with Gasteiger partial charge in [-0.2, -0.15) is 4.31 Å². The lowest BCUT2D eigenvalue weighted by Crippen LogP contribution is -2.33. The van der Waals surface area contributed by atoms with Crippen molar-refractivity contribution in [2.45, 2.75) is 51.3 Å². The highest BCUT2D eigenvalue weighted by Crippen LogP contribution is 2.30. The lowest BCUT2D eigenvalue weighted by Gasteiger charge is -2.23. The summed E-state index contributed by atoms with van der Waals surface area (Å²) in [6, 6.07) is 4.15. The zero-order valence-corrected chi connectivity index (χ0v) is 14.5. The number of phenolic OH excluding ortho intramolecular Hbond substituents is 1. The van der Waals surface area contributed by atoms with Crippen molar-refractivity contribution in [3.05, 3.63) is 18.2 Å². The molecular formula is C16H27NO4S. The van der Waals surface area contributed by atoms with Crippen molar-refractivity contribution in [2.24, 2.45) is 0 Å². The van der Waals surface area contributed by atoms with Crippen molar-refractivity contribution in [2.75, 3.05) is 19.7 Å². The first kappa shape index (κ1) is 18.8. The molecule has 0 atom stereocenters. The number of hydrogen-bond donors (Lipinski definition) is 1. The molecule has 0 aromatic heterocycles. The number of unbranched alkanes of at least 4 members (excludes halogenated alkanes) is 2. The maximum absolute atomic E-state index is 12.9. The number of benzene rings is 1. The number of ether oxygens (including phenoxy) is 1. The molecule has 0 amide bonds. The number of nitrogens with zero attached hydrogens (tertiary/aromatic N) is 1. The molecule has 5 nitrogen and oxygen atoms in total. The Labute approximate surface area is 134 Å². The van der Waals surface area contributed by atoms with Gasteiger partial charge in [-0.05, 0) is 31.9 Å². The Bertz CT molecular complexity index is 549. The van der Waals surface area contributed by atoms with E-state index in [-0.39, 0.29) is 16.4 Å². The van der Waals surface area contributed by atoms with Gasteiger partial charge in [0.05, 0.1) is 6.61 Å². The van der Waals surface area contributed by atoms with E-state index in [2.05, 4.69) is 0 Å². The zero-order valence-electron chi connectivity index (χ0n) is 13.7. The van der Waals surface area contributed by atoms with Gasteiger partial charge in [-0.1, -0.05) is 26.7 Å². The normalized spacial score (nSPS) is 11.8. The first-order valence-electron chi connectivity index (χ1n) is 7.93. The molecule has 0 aliphatic rings. The minimum absolute atomic E-state index is 0.00364. The molecule has 0 radical (unpaired) electrons. The molecule has 0 unspecified atom stereocenters. The first-order chi connectivity index (χ1) is 10.5. The van der Waals surface area contributed by atoms with E-state index < -0.39 is 10.0 Å². The van der Waals surface area contributed by atoms with Gasteiger partial charge >= 0.3 is 0 Å². The zero-order chi connectivity index (χ0) is 16.6. The highest BCUT2D eigenvalue weighted by molar-refractivity contribution is 7.89. The summed E-state index contributed by atoms with van der Waals surface area (Å²) in [6.45, 7) is 7.21. The van der Waals surface area contributed by atoms with Gasteiger partial charge in [-0.15, -0.1) is 0 Å². The van der Waals surface area contributed by atoms with Crippen LogP contribution in [0.15, 0.2) is 23.1 Å². The Morgan fingerprint density at radius 3 is 2.18 bits per heavy atom. The summed E-state index contributed by atoms with van der Waals surface area (Å²) in [4.78, 5) is 0.124. The predicted molar refractivity (Wildman–Crippen MR) is 87.9 cm³/mol. The molecule has 126 valence electrons. The van der Waals surface area contributed by atoms with Crippen LogP contribution in [0.4, 0.5) is 0 Å². The molecule has 1 rings (SSSR count). The van der Waals surface area contributed by atoms with Gasteiger partial charge in [0.15, 0.2) is 0 Å². The van der Waals surface area contributed by atoms with Crippen molar-refractivity contribution in [1.29, 1.82) is 0 Å². The average Bonchev–Trinajstić information content (AvgIpc) is 2.47. The number of aromatic hydroxyl groups is 1. The van der Waals surface area contributed by atoms with Crippen LogP contribution in [-0.2, 0) is 10.0 Å². The minimum atomic E-state index is -3.62. The second kappa shape index (κ2) is 9.00. The Kier molecular flexibility index (Phi) is 7.68. The van der Waals surface area contributed by atoms with E-state index in [1.54, 1.807) is 6.92 Å². The standard InChI is InChI=1S/C16H27NO4S/c1-4-7-11-17(12-8-5-2)22(19,20)16-10-9-14(18)13-15(16)21-6-3/h9-10,13,18H,4-8,11-12H2,1-3H3. The summed E-state index contributed by atoms with van der Waals surface area (Å²) in [5.41, 5.74) is 0. The Balaban J connectivity index is 3.17. The second-order valence-electron chi connectivity index (χ2n) is 5.18. The summed E-state index contributed by atoms with van der Waals surface area (Å²) in [5, 5.41) is 9.56. The summed E-state index contributed by atoms with van der Waals surface area (Å²) in [5.74, 6) is 0.205. The Morgan fingerprint density at radius 2 is 1.68 bits per heavy atom. The van der Waals surface area contributed by atoms with Gasteiger partial charge < -0.3 is 9.84 Å². The fourth-order valence-electron chi connectivity index (χ4n) is 2.14.